The summed E-state index contributed by atoms with van der Waals surface area (Å²) in [6.45, 7) is 4.35. The average molecular weight is 280 g/mol. The third kappa shape index (κ3) is 3.01. The normalized spacial score (nSPS) is 23.2. The molecular formula is C13H16N2O3S. The van der Waals surface area contributed by atoms with E-state index in [9.17, 15) is 9.59 Å². The molecule has 2 rings (SSSR count). The van der Waals surface area contributed by atoms with Crippen molar-refractivity contribution in [2.45, 2.75) is 20.3 Å². The Morgan fingerprint density at radius 2 is 2.32 bits per heavy atom. The van der Waals surface area contributed by atoms with Crippen LogP contribution in [-0.2, 0) is 9.59 Å². The Morgan fingerprint density at radius 3 is 2.84 bits per heavy atom. The molecule has 1 amide bonds. The number of nitrogens with zero attached hydrogens (tertiary/aromatic N) is 2. The maximum absolute atomic E-state index is 12.0. The molecule has 1 fully saturated rings. The van der Waals surface area contributed by atoms with E-state index in [1.807, 2.05) is 6.92 Å². The zero-order valence-electron chi connectivity index (χ0n) is 10.9. The highest BCUT2D eigenvalue weighted by atomic mass is 32.1. The van der Waals surface area contributed by atoms with Gasteiger partial charge in [0.2, 0.25) is 5.91 Å². The van der Waals surface area contributed by atoms with Crippen LogP contribution in [0.5, 0.6) is 0 Å². The highest BCUT2D eigenvalue weighted by Crippen LogP contribution is 2.30. The molecule has 0 radical (unpaired) electrons. The Hall–Kier alpha value is -1.69. The fourth-order valence-electron chi connectivity index (χ4n) is 2.04. The number of carbonyl (C=O) groups excluding carboxylic acids is 1. The molecule has 0 aromatic carbocycles. The minimum Gasteiger partial charge on any atom is -0.481 e. The molecular weight excluding hydrogens is 264 g/mol. The van der Waals surface area contributed by atoms with Crippen molar-refractivity contribution in [3.63, 3.8) is 0 Å². The molecule has 0 aliphatic carbocycles. The van der Waals surface area contributed by atoms with Gasteiger partial charge in [0.1, 0.15) is 0 Å². The summed E-state index contributed by atoms with van der Waals surface area (Å²) >= 11 is 1.51. The van der Waals surface area contributed by atoms with E-state index in [0.29, 0.717) is 13.0 Å². The summed E-state index contributed by atoms with van der Waals surface area (Å²) < 4.78 is 0. The molecule has 19 heavy (non-hydrogen) atoms. The van der Waals surface area contributed by atoms with Gasteiger partial charge in [-0.25, -0.2) is 4.98 Å². The molecule has 2 heterocycles. The molecule has 0 bridgehead atoms. The van der Waals surface area contributed by atoms with Gasteiger partial charge in [0.15, 0.2) is 0 Å². The van der Waals surface area contributed by atoms with Crippen molar-refractivity contribution in [3.05, 3.63) is 22.2 Å². The number of hydrogen-bond acceptors (Lipinski definition) is 4. The van der Waals surface area contributed by atoms with Crippen molar-refractivity contribution in [2.24, 2.45) is 5.41 Å². The van der Waals surface area contributed by atoms with Gasteiger partial charge in [-0.15, -0.1) is 11.3 Å². The van der Waals surface area contributed by atoms with Crippen molar-refractivity contribution < 1.29 is 14.7 Å². The van der Waals surface area contributed by atoms with Crippen LogP contribution in [-0.4, -0.2) is 40.0 Å². The van der Waals surface area contributed by atoms with E-state index in [1.165, 1.54) is 17.4 Å². The van der Waals surface area contributed by atoms with Gasteiger partial charge < -0.3 is 10.0 Å². The quantitative estimate of drug-likeness (QED) is 0.857. The van der Waals surface area contributed by atoms with Crippen LogP contribution < -0.4 is 0 Å². The second kappa shape index (κ2) is 5.13. The third-order valence-corrected chi connectivity index (χ3v) is 4.21. The molecule has 1 saturated heterocycles. The number of aromatic nitrogens is 1. The van der Waals surface area contributed by atoms with Crippen molar-refractivity contribution in [1.82, 2.24) is 9.88 Å². The average Bonchev–Trinajstić information content (AvgIpc) is 2.94. The van der Waals surface area contributed by atoms with Crippen LogP contribution in [0.4, 0.5) is 0 Å². The Balaban J connectivity index is 1.99. The minimum absolute atomic E-state index is 0.143. The topological polar surface area (TPSA) is 70.5 Å². The number of hydrogen-bond donors (Lipinski definition) is 1. The summed E-state index contributed by atoms with van der Waals surface area (Å²) in [5.74, 6) is -0.985. The zero-order chi connectivity index (χ0) is 14.0. The Labute approximate surface area is 115 Å². The minimum atomic E-state index is -0.843. The molecule has 1 aromatic rings. The predicted octanol–water partition coefficient (Wildman–Crippen LogP) is 1.79. The highest BCUT2D eigenvalue weighted by Gasteiger charge is 2.41. The molecule has 1 aliphatic heterocycles. The molecule has 1 aromatic heterocycles. The molecule has 0 saturated carbocycles. The molecule has 5 nitrogen and oxygen atoms in total. The summed E-state index contributed by atoms with van der Waals surface area (Å²) in [5.41, 5.74) is -0.815. The van der Waals surface area contributed by atoms with Crippen LogP contribution >= 0.6 is 11.3 Å². The number of likely N-dealkylation sites (tertiary alicyclic amines) is 1. The lowest BCUT2D eigenvalue weighted by molar-refractivity contribution is -0.147. The van der Waals surface area contributed by atoms with Gasteiger partial charge >= 0.3 is 5.97 Å². The Kier molecular flexibility index (Phi) is 3.71. The predicted molar refractivity (Wildman–Crippen MR) is 72.8 cm³/mol. The molecule has 6 heteroatoms. The van der Waals surface area contributed by atoms with Gasteiger partial charge in [0, 0.05) is 30.2 Å². The molecule has 1 N–H and O–H groups in total. The molecule has 1 unspecified atom stereocenters. The standard InChI is InChI=1S/C13H16N2O3S/c1-9-14-7-10(19-9)3-4-11(16)15-6-5-13(2,8-15)12(17)18/h3-4,7H,5-6,8H2,1-2H3,(H,17,18). The van der Waals surface area contributed by atoms with Crippen LogP contribution in [0.15, 0.2) is 12.3 Å². The van der Waals surface area contributed by atoms with E-state index in [-0.39, 0.29) is 12.5 Å². The van der Waals surface area contributed by atoms with Crippen molar-refractivity contribution in [3.8, 4) is 0 Å². The molecule has 102 valence electrons. The number of aryl methyl sites for hydroxylation is 1. The van der Waals surface area contributed by atoms with Crippen molar-refractivity contribution >= 4 is 29.3 Å². The van der Waals surface area contributed by atoms with Crippen LogP contribution in [0.25, 0.3) is 6.08 Å². The first kappa shape index (κ1) is 13.7. The van der Waals surface area contributed by atoms with Crippen LogP contribution in [0.1, 0.15) is 23.2 Å². The van der Waals surface area contributed by atoms with E-state index in [1.54, 1.807) is 24.1 Å². The largest absolute Gasteiger partial charge is 0.481 e. The van der Waals surface area contributed by atoms with Crippen molar-refractivity contribution in [1.29, 1.82) is 0 Å². The number of rotatable bonds is 3. The lowest BCUT2D eigenvalue weighted by Crippen LogP contribution is -2.34. The van der Waals surface area contributed by atoms with Gasteiger partial charge in [-0.2, -0.15) is 0 Å². The highest BCUT2D eigenvalue weighted by molar-refractivity contribution is 7.12. The van der Waals surface area contributed by atoms with Gasteiger partial charge in [-0.3, -0.25) is 9.59 Å². The van der Waals surface area contributed by atoms with Crippen LogP contribution in [0.3, 0.4) is 0 Å². The summed E-state index contributed by atoms with van der Waals surface area (Å²) in [5, 5.41) is 10.1. The second-order valence-corrected chi connectivity index (χ2v) is 6.26. The van der Waals surface area contributed by atoms with Crippen LogP contribution in [0.2, 0.25) is 0 Å². The van der Waals surface area contributed by atoms with Gasteiger partial charge in [0.25, 0.3) is 0 Å². The lowest BCUT2D eigenvalue weighted by Gasteiger charge is -2.18. The number of carbonyl (C=O) groups is 2. The monoisotopic (exact) mass is 280 g/mol. The number of amides is 1. The van der Waals surface area contributed by atoms with E-state index < -0.39 is 11.4 Å². The number of carboxylic acids is 1. The maximum Gasteiger partial charge on any atom is 0.311 e. The first-order valence-corrected chi connectivity index (χ1v) is 6.85. The molecule has 1 atom stereocenters. The summed E-state index contributed by atoms with van der Waals surface area (Å²) in [6, 6.07) is 0. The van der Waals surface area contributed by atoms with E-state index in [2.05, 4.69) is 4.98 Å². The number of thiazole rings is 1. The fraction of sp³-hybridized carbons (Fsp3) is 0.462. The van der Waals surface area contributed by atoms with E-state index >= 15 is 0 Å². The number of aliphatic carboxylic acids is 1. The smallest absolute Gasteiger partial charge is 0.311 e. The second-order valence-electron chi connectivity index (χ2n) is 4.99. The zero-order valence-corrected chi connectivity index (χ0v) is 11.7. The summed E-state index contributed by atoms with van der Waals surface area (Å²) in [7, 11) is 0. The SMILES string of the molecule is Cc1ncc(C=CC(=O)N2CCC(C)(C(=O)O)C2)s1. The Morgan fingerprint density at radius 1 is 1.58 bits per heavy atom. The molecule has 0 spiro atoms. The summed E-state index contributed by atoms with van der Waals surface area (Å²) in [6.07, 6.45) is 5.43. The van der Waals surface area contributed by atoms with Crippen molar-refractivity contribution in [2.75, 3.05) is 13.1 Å². The number of carboxylic acid groups (broad SMARTS) is 1. The van der Waals surface area contributed by atoms with E-state index in [4.69, 9.17) is 5.11 Å². The first-order chi connectivity index (χ1) is 8.90. The van der Waals surface area contributed by atoms with Crippen LogP contribution in [0, 0.1) is 12.3 Å². The summed E-state index contributed by atoms with van der Waals surface area (Å²) in [4.78, 5) is 29.7. The first-order valence-electron chi connectivity index (χ1n) is 6.03. The maximum atomic E-state index is 12.0. The van der Waals surface area contributed by atoms with Gasteiger partial charge in [0.05, 0.1) is 10.4 Å². The van der Waals surface area contributed by atoms with Gasteiger partial charge in [-0.05, 0) is 26.3 Å². The lowest BCUT2D eigenvalue weighted by atomic mass is 9.90. The third-order valence-electron chi connectivity index (χ3n) is 3.33. The fourth-order valence-corrected chi connectivity index (χ4v) is 2.73. The van der Waals surface area contributed by atoms with Gasteiger partial charge in [-0.1, -0.05) is 0 Å². The van der Waals surface area contributed by atoms with E-state index in [0.717, 1.165) is 9.88 Å². The Bertz CT molecular complexity index is 538. The molecule has 1 aliphatic rings.